The van der Waals surface area contributed by atoms with Crippen molar-refractivity contribution in [2.75, 3.05) is 0 Å². The van der Waals surface area contributed by atoms with Crippen LogP contribution in [0.2, 0.25) is 0 Å². The first-order valence-corrected chi connectivity index (χ1v) is 6.91. The van der Waals surface area contributed by atoms with Gasteiger partial charge in [-0.05, 0) is 37.6 Å². The lowest BCUT2D eigenvalue weighted by atomic mass is 10.0. The van der Waals surface area contributed by atoms with Crippen molar-refractivity contribution in [1.29, 1.82) is 0 Å². The van der Waals surface area contributed by atoms with Gasteiger partial charge in [-0.1, -0.05) is 5.16 Å². The Morgan fingerprint density at radius 1 is 1.35 bits per heavy atom. The summed E-state index contributed by atoms with van der Waals surface area (Å²) in [4.78, 5) is 10.8. The Hall–Kier alpha value is -2.67. The second-order valence-corrected chi connectivity index (χ2v) is 5.36. The molecule has 0 aliphatic heterocycles. The van der Waals surface area contributed by atoms with E-state index < -0.39 is 17.9 Å². The van der Waals surface area contributed by atoms with Crippen LogP contribution >= 0.6 is 0 Å². The minimum Gasteiger partial charge on any atom is -0.481 e. The van der Waals surface area contributed by atoms with Crippen molar-refractivity contribution < 1.29 is 28.3 Å². The molecule has 0 radical (unpaired) electrons. The fraction of sp³-hybridized carbons (Fsp3) is 0.250. The molecule has 2 aromatic heterocycles. The number of aromatic nitrogens is 1. The molecule has 0 saturated heterocycles. The second-order valence-electron chi connectivity index (χ2n) is 5.36. The number of furan rings is 1. The van der Waals surface area contributed by atoms with Crippen molar-refractivity contribution in [1.82, 2.24) is 5.16 Å². The van der Waals surface area contributed by atoms with E-state index in [1.165, 1.54) is 12.1 Å². The Balaban J connectivity index is 2.06. The molecule has 7 heteroatoms. The highest BCUT2D eigenvalue weighted by molar-refractivity contribution is 5.81. The SMILES string of the molecule is Cc1noc(C)c1C(O)c1cc2cc(CC(=O)O)cc(F)c2o1. The molecule has 3 aromatic rings. The monoisotopic (exact) mass is 319 g/mol. The first-order valence-electron chi connectivity index (χ1n) is 6.91. The number of hydrogen-bond donors (Lipinski definition) is 2. The third kappa shape index (κ3) is 2.70. The molecule has 0 fully saturated rings. The van der Waals surface area contributed by atoms with E-state index in [2.05, 4.69) is 5.16 Å². The van der Waals surface area contributed by atoms with Crippen LogP contribution in [-0.4, -0.2) is 21.3 Å². The van der Waals surface area contributed by atoms with Crippen LogP contribution in [0.1, 0.15) is 34.4 Å². The highest BCUT2D eigenvalue weighted by atomic mass is 19.1. The molecule has 0 spiro atoms. The Bertz CT molecular complexity index is 876. The number of aliphatic hydroxyl groups is 1. The van der Waals surface area contributed by atoms with Crippen LogP contribution in [0.4, 0.5) is 4.39 Å². The number of hydrogen-bond acceptors (Lipinski definition) is 5. The van der Waals surface area contributed by atoms with E-state index in [4.69, 9.17) is 14.0 Å². The standard InChI is InChI=1S/C16H14FNO5/c1-7-14(8(2)23-18-7)15(21)12-6-10-3-9(5-13(19)20)4-11(17)16(10)22-12/h3-4,6,15,21H,5H2,1-2H3,(H,19,20). The molecule has 0 aliphatic carbocycles. The van der Waals surface area contributed by atoms with Gasteiger partial charge in [-0.3, -0.25) is 4.79 Å². The number of benzene rings is 1. The Kier molecular flexibility index (Phi) is 3.65. The summed E-state index contributed by atoms with van der Waals surface area (Å²) in [5.74, 6) is -1.14. The second kappa shape index (κ2) is 5.51. The number of carbonyl (C=O) groups is 1. The number of nitrogens with zero attached hydrogens (tertiary/aromatic N) is 1. The minimum absolute atomic E-state index is 0.0278. The summed E-state index contributed by atoms with van der Waals surface area (Å²) in [7, 11) is 0. The molecule has 6 nitrogen and oxygen atoms in total. The molecule has 1 unspecified atom stereocenters. The van der Waals surface area contributed by atoms with Gasteiger partial charge in [0.25, 0.3) is 0 Å². The zero-order chi connectivity index (χ0) is 16.7. The molecule has 0 aliphatic rings. The summed E-state index contributed by atoms with van der Waals surface area (Å²) in [6.45, 7) is 3.34. The zero-order valence-electron chi connectivity index (χ0n) is 12.5. The van der Waals surface area contributed by atoms with Gasteiger partial charge in [0.15, 0.2) is 11.4 Å². The van der Waals surface area contributed by atoms with E-state index in [1.807, 2.05) is 0 Å². The van der Waals surface area contributed by atoms with Gasteiger partial charge in [0, 0.05) is 5.39 Å². The van der Waals surface area contributed by atoms with Crippen LogP contribution in [0, 0.1) is 19.7 Å². The number of aliphatic hydroxyl groups excluding tert-OH is 1. The van der Waals surface area contributed by atoms with E-state index in [1.54, 1.807) is 13.8 Å². The molecular formula is C16H14FNO5. The summed E-state index contributed by atoms with van der Waals surface area (Å²) in [6, 6.07) is 4.13. The van der Waals surface area contributed by atoms with Crippen LogP contribution in [0.25, 0.3) is 11.0 Å². The lowest BCUT2D eigenvalue weighted by Crippen LogP contribution is -2.00. The molecule has 23 heavy (non-hydrogen) atoms. The first kappa shape index (κ1) is 15.2. The highest BCUT2D eigenvalue weighted by Crippen LogP contribution is 2.33. The normalized spacial score (nSPS) is 12.7. The van der Waals surface area contributed by atoms with Crippen LogP contribution in [0.3, 0.4) is 0 Å². The van der Waals surface area contributed by atoms with Gasteiger partial charge in [-0.25, -0.2) is 4.39 Å². The lowest BCUT2D eigenvalue weighted by Gasteiger charge is -2.06. The lowest BCUT2D eigenvalue weighted by molar-refractivity contribution is -0.136. The molecule has 120 valence electrons. The van der Waals surface area contributed by atoms with Crippen molar-refractivity contribution in [2.24, 2.45) is 0 Å². The quantitative estimate of drug-likeness (QED) is 0.767. The maximum atomic E-state index is 14.1. The van der Waals surface area contributed by atoms with E-state index in [-0.39, 0.29) is 17.8 Å². The average Bonchev–Trinajstić information content (AvgIpc) is 3.02. The van der Waals surface area contributed by atoms with Gasteiger partial charge in [-0.2, -0.15) is 0 Å². The Labute approximate surface area is 130 Å². The van der Waals surface area contributed by atoms with E-state index in [0.717, 1.165) is 6.07 Å². The smallest absolute Gasteiger partial charge is 0.307 e. The predicted molar refractivity (Wildman–Crippen MR) is 77.6 cm³/mol. The fourth-order valence-electron chi connectivity index (χ4n) is 2.62. The fourth-order valence-corrected chi connectivity index (χ4v) is 2.62. The maximum absolute atomic E-state index is 14.1. The predicted octanol–water partition coefficient (Wildman–Crippen LogP) is 2.89. The van der Waals surface area contributed by atoms with Crippen LogP contribution in [-0.2, 0) is 11.2 Å². The Morgan fingerprint density at radius 2 is 2.09 bits per heavy atom. The Morgan fingerprint density at radius 3 is 2.70 bits per heavy atom. The third-order valence-electron chi connectivity index (χ3n) is 3.64. The summed E-state index contributed by atoms with van der Waals surface area (Å²) >= 11 is 0. The van der Waals surface area contributed by atoms with Crippen LogP contribution in [0.15, 0.2) is 27.1 Å². The third-order valence-corrected chi connectivity index (χ3v) is 3.64. The largest absolute Gasteiger partial charge is 0.481 e. The summed E-state index contributed by atoms with van der Waals surface area (Å²) < 4.78 is 24.5. The number of carboxylic acids is 1. The van der Waals surface area contributed by atoms with Crippen LogP contribution < -0.4 is 0 Å². The number of aliphatic carboxylic acids is 1. The van der Waals surface area contributed by atoms with Gasteiger partial charge in [0.05, 0.1) is 17.7 Å². The maximum Gasteiger partial charge on any atom is 0.307 e. The topological polar surface area (TPSA) is 96.7 Å². The molecule has 0 amide bonds. The molecule has 0 saturated carbocycles. The van der Waals surface area contributed by atoms with E-state index in [0.29, 0.717) is 28.0 Å². The van der Waals surface area contributed by atoms with Crippen molar-refractivity contribution >= 4 is 16.9 Å². The first-order chi connectivity index (χ1) is 10.9. The highest BCUT2D eigenvalue weighted by Gasteiger charge is 2.24. The van der Waals surface area contributed by atoms with Crippen LogP contribution in [0.5, 0.6) is 0 Å². The van der Waals surface area contributed by atoms with Crippen molar-refractivity contribution in [3.63, 3.8) is 0 Å². The van der Waals surface area contributed by atoms with Crippen molar-refractivity contribution in [2.45, 2.75) is 26.4 Å². The zero-order valence-corrected chi connectivity index (χ0v) is 12.5. The number of carboxylic acid groups (broad SMARTS) is 1. The molecule has 3 rings (SSSR count). The van der Waals surface area contributed by atoms with Gasteiger partial charge in [0.1, 0.15) is 17.6 Å². The van der Waals surface area contributed by atoms with Crippen molar-refractivity contribution in [3.8, 4) is 0 Å². The van der Waals surface area contributed by atoms with Gasteiger partial charge >= 0.3 is 5.97 Å². The molecular weight excluding hydrogens is 305 g/mol. The molecule has 2 heterocycles. The molecule has 2 N–H and O–H groups in total. The van der Waals surface area contributed by atoms with E-state index >= 15 is 0 Å². The van der Waals surface area contributed by atoms with Crippen molar-refractivity contribution in [3.05, 3.63) is 52.4 Å². The number of rotatable bonds is 4. The van der Waals surface area contributed by atoms with E-state index in [9.17, 15) is 14.3 Å². The van der Waals surface area contributed by atoms with Gasteiger partial charge < -0.3 is 19.2 Å². The minimum atomic E-state index is -1.14. The number of aryl methyl sites for hydroxylation is 2. The van der Waals surface area contributed by atoms with Gasteiger partial charge in [0.2, 0.25) is 0 Å². The molecule has 1 atom stereocenters. The molecule has 1 aromatic carbocycles. The summed E-state index contributed by atoms with van der Waals surface area (Å²) in [5, 5.41) is 23.4. The summed E-state index contributed by atoms with van der Waals surface area (Å²) in [5.41, 5.74) is 1.28. The number of fused-ring (bicyclic) bond motifs is 1. The average molecular weight is 319 g/mol. The summed E-state index contributed by atoms with van der Waals surface area (Å²) in [6.07, 6.45) is -1.43. The number of halogens is 1. The van der Waals surface area contributed by atoms with Gasteiger partial charge in [-0.15, -0.1) is 0 Å². The molecule has 0 bridgehead atoms.